The summed E-state index contributed by atoms with van der Waals surface area (Å²) in [5, 5.41) is 7.74. The van der Waals surface area contributed by atoms with Gasteiger partial charge in [0.25, 0.3) is 0 Å². The van der Waals surface area contributed by atoms with Gasteiger partial charge in [-0.25, -0.2) is 9.97 Å². The first-order valence-corrected chi connectivity index (χ1v) is 17.9. The van der Waals surface area contributed by atoms with E-state index in [9.17, 15) is 0 Å². The third kappa shape index (κ3) is 4.33. The highest BCUT2D eigenvalue weighted by Crippen LogP contribution is 2.42. The Morgan fingerprint density at radius 3 is 2.11 bits per heavy atom. The molecule has 0 aliphatic rings. The first-order chi connectivity index (χ1) is 26.0. The number of furan rings is 1. The lowest BCUT2D eigenvalue weighted by Crippen LogP contribution is -1.97. The Morgan fingerprint density at radius 1 is 0.566 bits per heavy atom. The standard InChI is InChI=1S/C47H32N4O2/c1-27-22-28(2)44(29(3)23-27)40-26-49-47-37-24-30(15-17-32(37)33-10-4-6-12-38(33)50(40)47)52-31-16-18-34-35-19-20-42-45(36-11-5-7-13-41(36)53-42)46(35)51(39(34)25-31)43-14-8-9-21-48-43/h4-26H,1-3H3. The van der Waals surface area contributed by atoms with E-state index in [0.29, 0.717) is 0 Å². The molecule has 0 bridgehead atoms. The number of nitrogens with zero attached hydrogens (tertiary/aromatic N) is 4. The minimum atomic E-state index is 0.733. The van der Waals surface area contributed by atoms with E-state index < -0.39 is 0 Å². The average Bonchev–Trinajstić information content (AvgIpc) is 3.87. The van der Waals surface area contributed by atoms with E-state index in [1.807, 2.05) is 42.7 Å². The summed E-state index contributed by atoms with van der Waals surface area (Å²) in [6.45, 7) is 6.53. The predicted octanol–water partition coefficient (Wildman–Crippen LogP) is 12.4. The molecule has 53 heavy (non-hydrogen) atoms. The summed E-state index contributed by atoms with van der Waals surface area (Å²) in [7, 11) is 0. The Hall–Kier alpha value is -6.92. The first-order valence-electron chi connectivity index (χ1n) is 17.9. The summed E-state index contributed by atoms with van der Waals surface area (Å²) in [6, 6.07) is 44.2. The van der Waals surface area contributed by atoms with Crippen LogP contribution in [0.3, 0.4) is 0 Å². The molecule has 5 aromatic heterocycles. The molecule has 0 fully saturated rings. The van der Waals surface area contributed by atoms with Gasteiger partial charge in [0.15, 0.2) is 0 Å². The molecule has 0 N–H and O–H groups in total. The van der Waals surface area contributed by atoms with Crippen LogP contribution in [0.4, 0.5) is 0 Å². The summed E-state index contributed by atoms with van der Waals surface area (Å²) in [6.07, 6.45) is 3.85. The largest absolute Gasteiger partial charge is 0.457 e. The number of hydrogen-bond donors (Lipinski definition) is 0. The van der Waals surface area contributed by atoms with E-state index in [2.05, 4.69) is 127 Å². The molecule has 0 atom stereocenters. The van der Waals surface area contributed by atoms with Crippen LogP contribution in [0.25, 0.3) is 88.1 Å². The van der Waals surface area contributed by atoms with Gasteiger partial charge >= 0.3 is 0 Å². The summed E-state index contributed by atoms with van der Waals surface area (Å²) >= 11 is 0. The maximum atomic E-state index is 6.74. The average molecular weight is 685 g/mol. The van der Waals surface area contributed by atoms with Crippen molar-refractivity contribution in [1.29, 1.82) is 0 Å². The summed E-state index contributed by atoms with van der Waals surface area (Å²) in [4.78, 5) is 9.88. The van der Waals surface area contributed by atoms with Crippen LogP contribution in [0, 0.1) is 20.8 Å². The van der Waals surface area contributed by atoms with E-state index in [1.54, 1.807) is 0 Å². The molecule has 6 aromatic carbocycles. The third-order valence-electron chi connectivity index (χ3n) is 10.7. The highest BCUT2D eigenvalue weighted by atomic mass is 16.5. The zero-order valence-corrected chi connectivity index (χ0v) is 29.4. The van der Waals surface area contributed by atoms with Crippen LogP contribution in [-0.4, -0.2) is 18.9 Å². The maximum Gasteiger partial charge on any atom is 0.145 e. The number of aromatic nitrogens is 4. The number of ether oxygens (including phenoxy) is 1. The number of benzene rings is 6. The molecule has 0 radical (unpaired) electrons. The summed E-state index contributed by atoms with van der Waals surface area (Å²) in [5.74, 6) is 2.30. The second-order valence-corrected chi connectivity index (χ2v) is 14.0. The number of hydrogen-bond acceptors (Lipinski definition) is 4. The molecule has 5 heterocycles. The maximum absolute atomic E-state index is 6.74. The van der Waals surface area contributed by atoms with Crippen molar-refractivity contribution in [3.05, 3.63) is 156 Å². The Morgan fingerprint density at radius 2 is 1.28 bits per heavy atom. The van der Waals surface area contributed by atoms with E-state index in [0.717, 1.165) is 88.7 Å². The van der Waals surface area contributed by atoms with E-state index in [1.165, 1.54) is 27.6 Å². The van der Waals surface area contributed by atoms with Crippen molar-refractivity contribution in [3.8, 4) is 28.6 Å². The number of rotatable bonds is 4. The van der Waals surface area contributed by atoms with Crippen LogP contribution in [0.1, 0.15) is 16.7 Å². The van der Waals surface area contributed by atoms with Gasteiger partial charge < -0.3 is 9.15 Å². The Bertz CT molecular complexity index is 3270. The predicted molar refractivity (Wildman–Crippen MR) is 216 cm³/mol. The topological polar surface area (TPSA) is 57.5 Å². The van der Waals surface area contributed by atoms with Crippen molar-refractivity contribution in [2.75, 3.05) is 0 Å². The van der Waals surface area contributed by atoms with Gasteiger partial charge in [-0.05, 0) is 104 Å². The van der Waals surface area contributed by atoms with Gasteiger partial charge in [0.1, 0.15) is 34.1 Å². The number of imidazole rings is 1. The normalized spacial score (nSPS) is 12.1. The van der Waals surface area contributed by atoms with Crippen LogP contribution in [-0.2, 0) is 0 Å². The first kappa shape index (κ1) is 29.8. The van der Waals surface area contributed by atoms with Crippen LogP contribution < -0.4 is 4.74 Å². The fourth-order valence-corrected chi connectivity index (χ4v) is 8.67. The molecule has 252 valence electrons. The molecule has 0 unspecified atom stereocenters. The minimum absolute atomic E-state index is 0.733. The van der Waals surface area contributed by atoms with Gasteiger partial charge in [-0.15, -0.1) is 0 Å². The lowest BCUT2D eigenvalue weighted by Gasteiger charge is -2.15. The Kier molecular flexibility index (Phi) is 6.20. The SMILES string of the molecule is Cc1cc(C)c(-c2cnc3c4cc(Oc5ccc6c7ccc8oc9ccccc9c8c7n(-c7ccccn7)c6c5)ccc4c4ccccc4n23)c(C)c1. The van der Waals surface area contributed by atoms with Crippen molar-refractivity contribution in [3.63, 3.8) is 0 Å². The Labute approximate surface area is 304 Å². The second-order valence-electron chi connectivity index (χ2n) is 14.0. The van der Waals surface area contributed by atoms with Crippen molar-refractivity contribution in [2.45, 2.75) is 20.8 Å². The molecule has 0 spiro atoms. The zero-order valence-electron chi connectivity index (χ0n) is 29.4. The fraction of sp³-hybridized carbons (Fsp3) is 0.0638. The van der Waals surface area contributed by atoms with Crippen molar-refractivity contribution in [2.24, 2.45) is 0 Å². The van der Waals surface area contributed by atoms with Crippen molar-refractivity contribution in [1.82, 2.24) is 18.9 Å². The lowest BCUT2D eigenvalue weighted by atomic mass is 9.97. The molecule has 0 aliphatic carbocycles. The van der Waals surface area contributed by atoms with Crippen LogP contribution >= 0.6 is 0 Å². The lowest BCUT2D eigenvalue weighted by molar-refractivity contribution is 0.484. The molecule has 11 aromatic rings. The van der Waals surface area contributed by atoms with Gasteiger partial charge in [0, 0.05) is 44.8 Å². The Balaban J connectivity index is 1.11. The molecule has 0 saturated heterocycles. The second kappa shape index (κ2) is 11.0. The number of pyridine rings is 2. The molecule has 0 amide bonds. The van der Waals surface area contributed by atoms with Crippen molar-refractivity contribution >= 4 is 71.1 Å². The highest BCUT2D eigenvalue weighted by molar-refractivity contribution is 6.24. The number of fused-ring (bicyclic) bond motifs is 13. The molecule has 11 rings (SSSR count). The number of aryl methyl sites for hydroxylation is 3. The van der Waals surface area contributed by atoms with Gasteiger partial charge in [-0.1, -0.05) is 60.2 Å². The third-order valence-corrected chi connectivity index (χ3v) is 10.7. The van der Waals surface area contributed by atoms with E-state index in [-0.39, 0.29) is 0 Å². The molecule has 6 heteroatoms. The van der Waals surface area contributed by atoms with Crippen LogP contribution in [0.15, 0.2) is 144 Å². The molecule has 0 saturated carbocycles. The van der Waals surface area contributed by atoms with Crippen LogP contribution in [0.2, 0.25) is 0 Å². The fourth-order valence-electron chi connectivity index (χ4n) is 8.67. The van der Waals surface area contributed by atoms with Gasteiger partial charge in [-0.3, -0.25) is 8.97 Å². The van der Waals surface area contributed by atoms with Gasteiger partial charge in [-0.2, -0.15) is 0 Å². The van der Waals surface area contributed by atoms with Crippen LogP contribution in [0.5, 0.6) is 11.5 Å². The van der Waals surface area contributed by atoms with Crippen molar-refractivity contribution < 1.29 is 9.15 Å². The smallest absolute Gasteiger partial charge is 0.145 e. The zero-order chi connectivity index (χ0) is 35.4. The molecule has 0 aliphatic heterocycles. The molecular formula is C47H32N4O2. The quantitative estimate of drug-likeness (QED) is 0.173. The summed E-state index contributed by atoms with van der Waals surface area (Å²) in [5.41, 5.74) is 11.9. The molecular weight excluding hydrogens is 653 g/mol. The number of para-hydroxylation sites is 2. The summed E-state index contributed by atoms with van der Waals surface area (Å²) < 4.78 is 17.6. The molecule has 6 nitrogen and oxygen atoms in total. The van der Waals surface area contributed by atoms with E-state index >= 15 is 0 Å². The monoisotopic (exact) mass is 684 g/mol. The minimum Gasteiger partial charge on any atom is -0.457 e. The van der Waals surface area contributed by atoms with E-state index in [4.69, 9.17) is 19.1 Å². The van der Waals surface area contributed by atoms with Gasteiger partial charge in [0.2, 0.25) is 0 Å². The van der Waals surface area contributed by atoms with Gasteiger partial charge in [0.05, 0.1) is 33.8 Å². The highest BCUT2D eigenvalue weighted by Gasteiger charge is 2.21.